The van der Waals surface area contributed by atoms with E-state index in [0.717, 1.165) is 17.1 Å². The second kappa shape index (κ2) is 7.33. The Kier molecular flexibility index (Phi) is 4.37. The third kappa shape index (κ3) is 3.14. The van der Waals surface area contributed by atoms with Crippen molar-refractivity contribution in [3.63, 3.8) is 0 Å². The standard InChI is InChI=1S/C26H18N2O2/c29-25-21-12-7-13-23(28-18-10-5-2-6-11-18)24(21)26(30)20-15-14-19(16-22(20)25)27-17-8-3-1-4-9-17/h1-16,27-28H. The largest absolute Gasteiger partial charge is 0.356 e. The molecule has 0 unspecified atom stereocenters. The van der Waals surface area contributed by atoms with E-state index < -0.39 is 0 Å². The van der Waals surface area contributed by atoms with Gasteiger partial charge in [-0.3, -0.25) is 9.59 Å². The molecule has 4 nitrogen and oxygen atoms in total. The lowest BCUT2D eigenvalue weighted by atomic mass is 9.83. The van der Waals surface area contributed by atoms with E-state index in [-0.39, 0.29) is 11.6 Å². The Morgan fingerprint density at radius 3 is 1.83 bits per heavy atom. The summed E-state index contributed by atoms with van der Waals surface area (Å²) < 4.78 is 0. The average molecular weight is 390 g/mol. The summed E-state index contributed by atoms with van der Waals surface area (Å²) in [6.07, 6.45) is 0. The number of hydrogen-bond donors (Lipinski definition) is 2. The highest BCUT2D eigenvalue weighted by atomic mass is 16.1. The van der Waals surface area contributed by atoms with Gasteiger partial charge in [0.25, 0.3) is 0 Å². The van der Waals surface area contributed by atoms with Gasteiger partial charge >= 0.3 is 0 Å². The van der Waals surface area contributed by atoms with Gasteiger partial charge in [-0.25, -0.2) is 0 Å². The number of hydrogen-bond acceptors (Lipinski definition) is 4. The van der Waals surface area contributed by atoms with E-state index in [1.807, 2.05) is 72.8 Å². The SMILES string of the molecule is O=C1c2cc(Nc3ccccc3)ccc2C(=O)c2c(Nc3ccccc3)cccc21. The highest BCUT2D eigenvalue weighted by Crippen LogP contribution is 2.34. The predicted molar refractivity (Wildman–Crippen MR) is 119 cm³/mol. The van der Waals surface area contributed by atoms with Crippen LogP contribution in [0.3, 0.4) is 0 Å². The normalized spacial score (nSPS) is 12.1. The molecule has 1 aliphatic carbocycles. The summed E-state index contributed by atoms with van der Waals surface area (Å²) in [6, 6.07) is 30.0. The lowest BCUT2D eigenvalue weighted by Crippen LogP contribution is -2.22. The lowest BCUT2D eigenvalue weighted by Gasteiger charge is -2.21. The van der Waals surface area contributed by atoms with Crippen LogP contribution in [0.2, 0.25) is 0 Å². The molecule has 0 spiro atoms. The van der Waals surface area contributed by atoms with Gasteiger partial charge in [-0.15, -0.1) is 0 Å². The minimum absolute atomic E-state index is 0.145. The molecule has 0 saturated heterocycles. The Hall–Kier alpha value is -4.18. The molecule has 1 aliphatic rings. The molecule has 4 heteroatoms. The summed E-state index contributed by atoms with van der Waals surface area (Å²) in [5.41, 5.74) is 4.87. The summed E-state index contributed by atoms with van der Waals surface area (Å²) in [7, 11) is 0. The van der Waals surface area contributed by atoms with Gasteiger partial charge in [-0.05, 0) is 48.5 Å². The summed E-state index contributed by atoms with van der Waals surface area (Å²) in [6.45, 7) is 0. The van der Waals surface area contributed by atoms with Gasteiger partial charge in [0.2, 0.25) is 0 Å². The van der Waals surface area contributed by atoms with Gasteiger partial charge in [0.15, 0.2) is 11.6 Å². The minimum Gasteiger partial charge on any atom is -0.356 e. The van der Waals surface area contributed by atoms with Crippen molar-refractivity contribution < 1.29 is 9.59 Å². The summed E-state index contributed by atoms with van der Waals surface area (Å²) in [5, 5.41) is 6.55. The molecule has 0 atom stereocenters. The van der Waals surface area contributed by atoms with Crippen LogP contribution in [-0.2, 0) is 0 Å². The van der Waals surface area contributed by atoms with Crippen molar-refractivity contribution in [1.82, 2.24) is 0 Å². The molecule has 4 aromatic rings. The Morgan fingerprint density at radius 2 is 1.13 bits per heavy atom. The van der Waals surface area contributed by atoms with Crippen LogP contribution in [0, 0.1) is 0 Å². The van der Waals surface area contributed by atoms with Crippen LogP contribution in [0.1, 0.15) is 31.8 Å². The topological polar surface area (TPSA) is 58.2 Å². The van der Waals surface area contributed by atoms with Crippen LogP contribution in [-0.4, -0.2) is 11.6 Å². The fourth-order valence-corrected chi connectivity index (χ4v) is 3.74. The fraction of sp³-hybridized carbons (Fsp3) is 0. The summed E-state index contributed by atoms with van der Waals surface area (Å²) in [4.78, 5) is 26.6. The summed E-state index contributed by atoms with van der Waals surface area (Å²) >= 11 is 0. The average Bonchev–Trinajstić information content (AvgIpc) is 2.79. The molecule has 0 radical (unpaired) electrons. The van der Waals surface area contributed by atoms with E-state index in [2.05, 4.69) is 10.6 Å². The van der Waals surface area contributed by atoms with Crippen molar-refractivity contribution in [2.45, 2.75) is 0 Å². The number of carbonyl (C=O) groups is 2. The molecule has 30 heavy (non-hydrogen) atoms. The van der Waals surface area contributed by atoms with E-state index in [0.29, 0.717) is 27.9 Å². The van der Waals surface area contributed by atoms with Crippen molar-refractivity contribution in [3.8, 4) is 0 Å². The smallest absolute Gasteiger partial charge is 0.196 e. The molecule has 2 N–H and O–H groups in total. The van der Waals surface area contributed by atoms with E-state index in [1.165, 1.54) is 0 Å². The van der Waals surface area contributed by atoms with Gasteiger partial charge in [0.05, 0.1) is 11.3 Å². The van der Waals surface area contributed by atoms with Crippen molar-refractivity contribution >= 4 is 34.3 Å². The van der Waals surface area contributed by atoms with Crippen LogP contribution in [0.15, 0.2) is 97.1 Å². The summed E-state index contributed by atoms with van der Waals surface area (Å²) in [5.74, 6) is -0.294. The van der Waals surface area contributed by atoms with Crippen molar-refractivity contribution in [2.75, 3.05) is 10.6 Å². The zero-order valence-electron chi connectivity index (χ0n) is 16.1. The van der Waals surface area contributed by atoms with E-state index in [9.17, 15) is 9.59 Å². The Morgan fingerprint density at radius 1 is 0.467 bits per heavy atom. The number of ketones is 2. The molecule has 0 fully saturated rings. The molecule has 0 heterocycles. The number of nitrogens with one attached hydrogen (secondary N) is 2. The second-order valence-electron chi connectivity index (χ2n) is 7.13. The fourth-order valence-electron chi connectivity index (χ4n) is 3.74. The molecule has 0 amide bonds. The van der Waals surface area contributed by atoms with E-state index in [4.69, 9.17) is 0 Å². The van der Waals surface area contributed by atoms with Crippen LogP contribution >= 0.6 is 0 Å². The van der Waals surface area contributed by atoms with Crippen molar-refractivity contribution in [2.24, 2.45) is 0 Å². The van der Waals surface area contributed by atoms with Gasteiger partial charge < -0.3 is 10.6 Å². The highest BCUT2D eigenvalue weighted by Gasteiger charge is 2.31. The third-order valence-corrected chi connectivity index (χ3v) is 5.16. The van der Waals surface area contributed by atoms with E-state index in [1.54, 1.807) is 24.3 Å². The zero-order valence-corrected chi connectivity index (χ0v) is 16.1. The number of fused-ring (bicyclic) bond motifs is 2. The van der Waals surface area contributed by atoms with Crippen molar-refractivity contribution in [3.05, 3.63) is 119 Å². The first kappa shape index (κ1) is 17.9. The van der Waals surface area contributed by atoms with Crippen LogP contribution in [0.5, 0.6) is 0 Å². The predicted octanol–water partition coefficient (Wildman–Crippen LogP) is 5.95. The quantitative estimate of drug-likeness (QED) is 0.398. The maximum atomic E-state index is 13.3. The van der Waals surface area contributed by atoms with Crippen LogP contribution < -0.4 is 10.6 Å². The highest BCUT2D eigenvalue weighted by molar-refractivity contribution is 6.30. The second-order valence-corrected chi connectivity index (χ2v) is 7.13. The minimum atomic E-state index is -0.148. The Labute approximate surface area is 174 Å². The number of anilines is 4. The first-order valence-electron chi connectivity index (χ1n) is 9.71. The van der Waals surface area contributed by atoms with Crippen molar-refractivity contribution in [1.29, 1.82) is 0 Å². The third-order valence-electron chi connectivity index (χ3n) is 5.16. The molecule has 0 aromatic heterocycles. The molecule has 5 rings (SSSR count). The molecular formula is C26H18N2O2. The monoisotopic (exact) mass is 390 g/mol. The molecular weight excluding hydrogens is 372 g/mol. The van der Waals surface area contributed by atoms with Crippen LogP contribution in [0.4, 0.5) is 22.7 Å². The number of rotatable bonds is 4. The first-order chi connectivity index (χ1) is 14.7. The number of benzene rings is 4. The molecule has 4 aromatic carbocycles. The van der Waals surface area contributed by atoms with Gasteiger partial charge in [-0.1, -0.05) is 48.5 Å². The van der Waals surface area contributed by atoms with Gasteiger partial charge in [0, 0.05) is 33.8 Å². The maximum Gasteiger partial charge on any atom is 0.196 e. The maximum absolute atomic E-state index is 13.3. The van der Waals surface area contributed by atoms with Gasteiger partial charge in [0.1, 0.15) is 0 Å². The Balaban J connectivity index is 1.54. The zero-order chi connectivity index (χ0) is 20.5. The van der Waals surface area contributed by atoms with Gasteiger partial charge in [-0.2, -0.15) is 0 Å². The molecule has 0 aliphatic heterocycles. The number of para-hydroxylation sites is 2. The van der Waals surface area contributed by atoms with Crippen LogP contribution in [0.25, 0.3) is 0 Å². The molecule has 0 saturated carbocycles. The first-order valence-corrected chi connectivity index (χ1v) is 9.71. The number of carbonyl (C=O) groups excluding carboxylic acids is 2. The molecule has 144 valence electrons. The van der Waals surface area contributed by atoms with E-state index >= 15 is 0 Å². The Bertz CT molecular complexity index is 1260. The lowest BCUT2D eigenvalue weighted by molar-refractivity contribution is 0.0980. The molecule has 0 bridgehead atoms.